The lowest BCUT2D eigenvalue weighted by Crippen LogP contribution is -2.52. The summed E-state index contributed by atoms with van der Waals surface area (Å²) < 4.78 is 7.60. The van der Waals surface area contributed by atoms with E-state index in [1.807, 2.05) is 57.3 Å². The third-order valence-corrected chi connectivity index (χ3v) is 7.82. The lowest BCUT2D eigenvalue weighted by Gasteiger charge is -2.43. The zero-order valence-corrected chi connectivity index (χ0v) is 22.9. The molecule has 2 saturated carbocycles. The van der Waals surface area contributed by atoms with Gasteiger partial charge >= 0.3 is 6.09 Å². The third-order valence-electron chi connectivity index (χ3n) is 7.82. The molecule has 0 spiro atoms. The fourth-order valence-corrected chi connectivity index (χ4v) is 5.45. The summed E-state index contributed by atoms with van der Waals surface area (Å²) in [5.41, 5.74) is 5.51. The number of fused-ring (bicyclic) bond motifs is 1. The summed E-state index contributed by atoms with van der Waals surface area (Å²) in [6, 6.07) is 22.4. The summed E-state index contributed by atoms with van der Waals surface area (Å²) in [6.07, 6.45) is 7.32. The van der Waals surface area contributed by atoms with Crippen molar-refractivity contribution in [2.75, 3.05) is 0 Å². The van der Waals surface area contributed by atoms with E-state index in [2.05, 4.69) is 46.1 Å². The molecule has 6 heteroatoms. The molecule has 39 heavy (non-hydrogen) atoms. The molecule has 0 atom stereocenters. The number of benzene rings is 2. The van der Waals surface area contributed by atoms with Crippen molar-refractivity contribution in [1.82, 2.24) is 14.7 Å². The van der Waals surface area contributed by atoms with Crippen LogP contribution in [0.15, 0.2) is 72.9 Å². The first kappa shape index (κ1) is 25.4. The predicted molar refractivity (Wildman–Crippen MR) is 153 cm³/mol. The Bertz CT molecular complexity index is 1520. The molecule has 0 aliphatic heterocycles. The maximum atomic E-state index is 12.9. The third kappa shape index (κ3) is 5.20. The number of imidazole rings is 1. The molecule has 1 N–H and O–H groups in total. The molecule has 200 valence electrons. The molecule has 0 saturated heterocycles. The van der Waals surface area contributed by atoms with Crippen molar-refractivity contribution in [1.29, 1.82) is 0 Å². The van der Waals surface area contributed by atoms with Crippen LogP contribution in [-0.4, -0.2) is 26.9 Å². The van der Waals surface area contributed by atoms with Crippen LogP contribution < -0.4 is 5.32 Å². The number of carbonyl (C=O) groups is 2. The minimum absolute atomic E-state index is 0.196. The van der Waals surface area contributed by atoms with E-state index >= 15 is 0 Å². The van der Waals surface area contributed by atoms with Crippen molar-refractivity contribution >= 4 is 17.5 Å². The SMILES string of the molecule is CC(C)(C)OC(=O)NC1(c2ccc(-c3nc4ccc(C(=O)CC5CC5)cn4c3-c3ccccc3)cc2)CCC1. The van der Waals surface area contributed by atoms with Crippen LogP contribution in [-0.2, 0) is 10.3 Å². The number of Topliss-reactive ketones (excluding diaryl/α,β-unsaturated/α-hetero) is 1. The first-order valence-corrected chi connectivity index (χ1v) is 13.9. The molecule has 2 aliphatic rings. The smallest absolute Gasteiger partial charge is 0.408 e. The molecular weight excluding hydrogens is 486 g/mol. The van der Waals surface area contributed by atoms with Gasteiger partial charge in [0.25, 0.3) is 0 Å². The molecule has 0 radical (unpaired) electrons. The highest BCUT2D eigenvalue weighted by Gasteiger charge is 2.41. The van der Waals surface area contributed by atoms with Crippen LogP contribution in [0, 0.1) is 5.92 Å². The Balaban J connectivity index is 1.36. The predicted octanol–water partition coefficient (Wildman–Crippen LogP) is 7.56. The Morgan fingerprint density at radius 3 is 2.31 bits per heavy atom. The molecule has 2 heterocycles. The monoisotopic (exact) mass is 521 g/mol. The minimum Gasteiger partial charge on any atom is -0.444 e. The molecule has 4 aromatic rings. The molecular formula is C33H35N3O3. The summed E-state index contributed by atoms with van der Waals surface area (Å²) in [4.78, 5) is 30.5. The van der Waals surface area contributed by atoms with Gasteiger partial charge in [0.1, 0.15) is 11.2 Å². The van der Waals surface area contributed by atoms with Crippen LogP contribution in [0.3, 0.4) is 0 Å². The van der Waals surface area contributed by atoms with E-state index in [4.69, 9.17) is 9.72 Å². The molecule has 0 bridgehead atoms. The van der Waals surface area contributed by atoms with Crippen molar-refractivity contribution < 1.29 is 14.3 Å². The van der Waals surface area contributed by atoms with E-state index in [1.54, 1.807) is 0 Å². The number of nitrogens with one attached hydrogen (secondary N) is 1. The Kier molecular flexibility index (Phi) is 6.29. The van der Waals surface area contributed by atoms with Crippen LogP contribution in [0.5, 0.6) is 0 Å². The number of amides is 1. The number of aromatic nitrogens is 2. The molecule has 6 rings (SSSR count). The van der Waals surface area contributed by atoms with Gasteiger partial charge < -0.3 is 10.1 Å². The number of ether oxygens (including phenoxy) is 1. The van der Waals surface area contributed by atoms with Gasteiger partial charge in [-0.2, -0.15) is 0 Å². The van der Waals surface area contributed by atoms with Gasteiger partial charge in [0, 0.05) is 29.3 Å². The highest BCUT2D eigenvalue weighted by atomic mass is 16.6. The number of nitrogens with zero attached hydrogens (tertiary/aromatic N) is 2. The van der Waals surface area contributed by atoms with Gasteiger partial charge in [-0.15, -0.1) is 0 Å². The lowest BCUT2D eigenvalue weighted by molar-refractivity contribution is 0.0377. The Morgan fingerprint density at radius 1 is 0.974 bits per heavy atom. The molecule has 2 aromatic heterocycles. The number of ketones is 1. The molecule has 1 amide bonds. The average molecular weight is 522 g/mol. The lowest BCUT2D eigenvalue weighted by atomic mass is 9.71. The fraction of sp³-hybridized carbons (Fsp3) is 0.364. The van der Waals surface area contributed by atoms with Gasteiger partial charge in [0.15, 0.2) is 5.78 Å². The summed E-state index contributed by atoms with van der Waals surface area (Å²) in [6.45, 7) is 5.62. The Labute approximate surface area is 229 Å². The fourth-order valence-electron chi connectivity index (χ4n) is 5.45. The van der Waals surface area contributed by atoms with E-state index in [0.717, 1.165) is 71.4 Å². The summed E-state index contributed by atoms with van der Waals surface area (Å²) in [5, 5.41) is 3.14. The van der Waals surface area contributed by atoms with Crippen molar-refractivity contribution in [2.24, 2.45) is 5.92 Å². The number of pyridine rings is 1. The van der Waals surface area contributed by atoms with Gasteiger partial charge in [0.2, 0.25) is 0 Å². The second-order valence-electron chi connectivity index (χ2n) is 12.0. The molecule has 2 aliphatic carbocycles. The largest absolute Gasteiger partial charge is 0.444 e. The summed E-state index contributed by atoms with van der Waals surface area (Å²) in [7, 11) is 0. The van der Waals surface area contributed by atoms with E-state index < -0.39 is 11.1 Å². The maximum absolute atomic E-state index is 12.9. The zero-order chi connectivity index (χ0) is 27.2. The normalized spacial score (nSPS) is 16.5. The van der Waals surface area contributed by atoms with Crippen LogP contribution in [0.25, 0.3) is 28.2 Å². The van der Waals surface area contributed by atoms with E-state index in [-0.39, 0.29) is 11.9 Å². The second-order valence-corrected chi connectivity index (χ2v) is 12.0. The molecule has 0 unspecified atom stereocenters. The number of hydrogen-bond acceptors (Lipinski definition) is 4. The number of alkyl carbamates (subject to hydrolysis) is 1. The second kappa shape index (κ2) is 9.67. The van der Waals surface area contributed by atoms with Gasteiger partial charge in [-0.05, 0) is 76.5 Å². The van der Waals surface area contributed by atoms with Crippen molar-refractivity contribution in [3.8, 4) is 22.5 Å². The van der Waals surface area contributed by atoms with Crippen molar-refractivity contribution in [3.05, 3.63) is 84.1 Å². The van der Waals surface area contributed by atoms with E-state index in [0.29, 0.717) is 12.3 Å². The number of carbonyl (C=O) groups excluding carboxylic acids is 2. The quantitative estimate of drug-likeness (QED) is 0.255. The van der Waals surface area contributed by atoms with Crippen LogP contribution >= 0.6 is 0 Å². The van der Waals surface area contributed by atoms with Gasteiger partial charge in [0.05, 0.1) is 16.9 Å². The van der Waals surface area contributed by atoms with Crippen LogP contribution in [0.4, 0.5) is 4.79 Å². The van der Waals surface area contributed by atoms with Crippen LogP contribution in [0.2, 0.25) is 0 Å². The maximum Gasteiger partial charge on any atom is 0.408 e. The highest BCUT2D eigenvalue weighted by molar-refractivity contribution is 5.97. The van der Waals surface area contributed by atoms with Gasteiger partial charge in [-0.1, -0.05) is 54.6 Å². The topological polar surface area (TPSA) is 72.7 Å². The first-order chi connectivity index (χ1) is 18.7. The van der Waals surface area contributed by atoms with Gasteiger partial charge in [-0.3, -0.25) is 9.20 Å². The summed E-state index contributed by atoms with van der Waals surface area (Å²) in [5.74, 6) is 0.740. The Morgan fingerprint density at radius 2 is 1.69 bits per heavy atom. The van der Waals surface area contributed by atoms with Crippen LogP contribution in [0.1, 0.15) is 75.2 Å². The van der Waals surface area contributed by atoms with Crippen molar-refractivity contribution in [3.63, 3.8) is 0 Å². The number of rotatable bonds is 7. The Hall–Kier alpha value is -3.93. The zero-order valence-electron chi connectivity index (χ0n) is 22.9. The summed E-state index contributed by atoms with van der Waals surface area (Å²) >= 11 is 0. The van der Waals surface area contributed by atoms with Gasteiger partial charge in [-0.25, -0.2) is 9.78 Å². The highest BCUT2D eigenvalue weighted by Crippen LogP contribution is 2.42. The van der Waals surface area contributed by atoms with E-state index in [1.165, 1.54) is 0 Å². The average Bonchev–Trinajstić information content (AvgIpc) is 3.62. The van der Waals surface area contributed by atoms with Crippen molar-refractivity contribution in [2.45, 2.75) is 70.4 Å². The standard InChI is InChI=1S/C33H35N3O3/c1-32(2,3)39-31(38)35-33(18-7-19-33)26-15-12-23(13-16-26)29-30(24-8-5-4-6-9-24)36-21-25(14-17-28(36)34-29)27(37)20-22-10-11-22/h4-6,8-9,12-17,21-22H,7,10-11,18-20H2,1-3H3,(H,35,38). The molecule has 6 nitrogen and oxygen atoms in total. The molecule has 2 aromatic carbocycles. The van der Waals surface area contributed by atoms with E-state index in [9.17, 15) is 9.59 Å². The molecule has 2 fully saturated rings. The number of hydrogen-bond donors (Lipinski definition) is 1. The minimum atomic E-state index is -0.543. The first-order valence-electron chi connectivity index (χ1n) is 13.9.